The number of para-hydroxylation sites is 1. The zero-order chi connectivity index (χ0) is 59.2. The van der Waals surface area contributed by atoms with Crippen LogP contribution >= 0.6 is 7.60 Å². The van der Waals surface area contributed by atoms with E-state index in [9.17, 15) is 66.3 Å². The zero-order valence-electron chi connectivity index (χ0n) is 45.1. The number of nitrogens with two attached hydrogens (primary N) is 1. The Bertz CT molecular complexity index is 3550. The molecule has 9 rings (SSSR count). The minimum Gasteiger partial charge on any atom is -0.370 e. The lowest BCUT2D eigenvalue weighted by Gasteiger charge is -2.29. The first-order valence-electron chi connectivity index (χ1n) is 27.6. The number of piperidine rings is 1. The third kappa shape index (κ3) is 13.3. The third-order valence-corrected chi connectivity index (χ3v) is 16.7. The molecule has 1 aromatic heterocycles. The van der Waals surface area contributed by atoms with E-state index in [0.29, 0.717) is 46.8 Å². The van der Waals surface area contributed by atoms with Crippen molar-refractivity contribution in [3.8, 4) is 11.8 Å². The Morgan fingerprint density at radius 2 is 1.58 bits per heavy atom. The normalized spacial score (nSPS) is 18.3. The van der Waals surface area contributed by atoms with Crippen LogP contribution in [0.2, 0.25) is 0 Å². The second kappa shape index (κ2) is 25.4. The Hall–Kier alpha value is -8.38. The fraction of sp³-hybridized carbons (Fsp3) is 0.383. The van der Waals surface area contributed by atoms with Gasteiger partial charge < -0.3 is 31.1 Å². The number of amides is 7. The minimum absolute atomic E-state index is 0.0327. The number of aryl methyl sites for hydroxylation is 1. The topological polar surface area (TPSA) is 306 Å². The van der Waals surface area contributed by atoms with Crippen LogP contribution in [0.25, 0.3) is 11.0 Å². The maximum atomic E-state index is 14.6. The van der Waals surface area contributed by atoms with Gasteiger partial charge in [0.15, 0.2) is 5.78 Å². The number of imide groups is 1. The first kappa shape index (κ1) is 59.2. The van der Waals surface area contributed by atoms with Gasteiger partial charge in [0.2, 0.25) is 29.5 Å². The van der Waals surface area contributed by atoms with Crippen LogP contribution in [0.3, 0.4) is 0 Å². The molecule has 7 amide bonds. The van der Waals surface area contributed by atoms with Crippen molar-refractivity contribution in [1.29, 1.82) is 0 Å². The van der Waals surface area contributed by atoms with E-state index < -0.39 is 89.9 Å². The van der Waals surface area contributed by atoms with E-state index in [0.717, 1.165) is 61.6 Å². The highest BCUT2D eigenvalue weighted by molar-refractivity contribution is 7.52. The van der Waals surface area contributed by atoms with Crippen LogP contribution in [0.1, 0.15) is 150 Å². The van der Waals surface area contributed by atoms with Gasteiger partial charge in [-0.2, -0.15) is 8.78 Å². The van der Waals surface area contributed by atoms with Gasteiger partial charge >= 0.3 is 13.3 Å². The predicted molar refractivity (Wildman–Crippen MR) is 297 cm³/mol. The number of fused-ring (bicyclic) bond motifs is 2. The molecule has 5 atom stereocenters. The molecule has 4 aliphatic heterocycles. The fourth-order valence-corrected chi connectivity index (χ4v) is 11.7. The van der Waals surface area contributed by atoms with Gasteiger partial charge in [-0.15, -0.1) is 0 Å². The molecule has 432 valence electrons. The summed E-state index contributed by atoms with van der Waals surface area (Å²) < 4.78 is 40.8. The Labute approximate surface area is 475 Å². The highest BCUT2D eigenvalue weighted by Gasteiger charge is 2.51. The number of rotatable bonds is 23. The van der Waals surface area contributed by atoms with Crippen LogP contribution in [0.4, 0.5) is 14.5 Å². The second-order valence-corrected chi connectivity index (χ2v) is 22.9. The Morgan fingerprint density at radius 3 is 2.33 bits per heavy atom. The number of unbranched alkanes of at least 4 members (excludes halogenated alkanes) is 6. The van der Waals surface area contributed by atoms with E-state index >= 15 is 0 Å². The van der Waals surface area contributed by atoms with Crippen molar-refractivity contribution in [2.75, 3.05) is 4.90 Å². The number of primary amides is 1. The van der Waals surface area contributed by atoms with E-state index in [-0.39, 0.29) is 93.0 Å². The van der Waals surface area contributed by atoms with Crippen LogP contribution in [0.5, 0.6) is 0 Å². The number of nitrogens with one attached hydrogen (secondary N) is 3. The van der Waals surface area contributed by atoms with Crippen LogP contribution < -0.4 is 26.6 Å². The van der Waals surface area contributed by atoms with Crippen molar-refractivity contribution < 1.29 is 66.3 Å². The Kier molecular flexibility index (Phi) is 18.1. The molecule has 20 nitrogen and oxygen atoms in total. The van der Waals surface area contributed by atoms with Gasteiger partial charge in [-0.05, 0) is 85.0 Å². The van der Waals surface area contributed by atoms with Crippen molar-refractivity contribution in [2.24, 2.45) is 5.73 Å². The third-order valence-electron chi connectivity index (χ3n) is 15.7. The molecule has 1 saturated heterocycles. The SMILES string of the molecule is NC(=O)CC[C@H](NC(=O)[C@@H]1Cc2cccc3c2N1C(=O)[C@@H](NC(=O)c1cnc2ccc(C(F)(F)P(=O)(O)O)cc2n1)CC3)C(=O)C[C@H](C(=O)CCCCCCCCC#Cc1cccc2c1CN(C1CCC(=O)NC1=O)C2=O)c1ccccc1. The van der Waals surface area contributed by atoms with Crippen molar-refractivity contribution >= 4 is 77.2 Å². The first-order chi connectivity index (χ1) is 39.7. The summed E-state index contributed by atoms with van der Waals surface area (Å²) >= 11 is 0. The van der Waals surface area contributed by atoms with Crippen molar-refractivity contribution in [2.45, 2.75) is 145 Å². The summed E-state index contributed by atoms with van der Waals surface area (Å²) in [7, 11) is -5.93. The second-order valence-electron chi connectivity index (χ2n) is 21.3. The van der Waals surface area contributed by atoms with E-state index in [1.165, 1.54) is 9.80 Å². The quantitative estimate of drug-likeness (QED) is 0.0193. The van der Waals surface area contributed by atoms with E-state index in [4.69, 9.17) is 5.73 Å². The standard InChI is InChI=1S/C60H61F2N8O12P/c61-60(62,83(80,81)82)39-23-25-43-46(31-39)65-47(33-64-43)55(75)67-45-24-22-37-18-12-19-38-30-49(70(54(37)38)59(45)79)57(77)66-44(26-28-52(63)73)51(72)32-41(35-14-9-7-10-15-35)50(71)21-11-6-4-2-1-3-5-8-16-36-17-13-20-40-42(36)34-69(58(40)78)48-27-29-53(74)68-56(48)76/h7,9-10,12-15,17-20,23,25,31,33,41,44-45,48-49H,1-6,11,21-22,24,26-30,32,34H2,(H2,63,73)(H,66,77)(H,67,75)(H,68,74,76)(H2,80,81,82)/t41-,44-,45-,48?,49-/m0/s1. The Balaban J connectivity index is 0.797. The number of ketones is 2. The molecule has 4 aliphatic rings. The molecule has 4 aromatic carbocycles. The van der Waals surface area contributed by atoms with Gasteiger partial charge in [0, 0.05) is 67.7 Å². The maximum Gasteiger partial charge on any atom is 0.399 e. The largest absolute Gasteiger partial charge is 0.399 e. The fourth-order valence-electron chi connectivity index (χ4n) is 11.3. The molecule has 1 unspecified atom stereocenters. The summed E-state index contributed by atoms with van der Waals surface area (Å²) in [5.41, 5.74) is 3.74. The summed E-state index contributed by atoms with van der Waals surface area (Å²) in [4.78, 5) is 150. The number of halogens is 2. The van der Waals surface area contributed by atoms with Gasteiger partial charge in [-0.3, -0.25) is 62.9 Å². The number of Topliss-reactive ketones (excluding diaryl/α,β-unsaturated/α-hetero) is 2. The van der Waals surface area contributed by atoms with Crippen molar-refractivity contribution in [3.05, 3.63) is 136 Å². The smallest absolute Gasteiger partial charge is 0.370 e. The zero-order valence-corrected chi connectivity index (χ0v) is 46.0. The molecule has 0 aliphatic carbocycles. The highest BCUT2D eigenvalue weighted by Crippen LogP contribution is 2.59. The van der Waals surface area contributed by atoms with Gasteiger partial charge in [0.1, 0.15) is 29.6 Å². The van der Waals surface area contributed by atoms with E-state index in [2.05, 4.69) is 37.8 Å². The highest BCUT2D eigenvalue weighted by atomic mass is 31.2. The van der Waals surface area contributed by atoms with E-state index in [1.807, 2.05) is 6.07 Å². The lowest BCUT2D eigenvalue weighted by Crippen LogP contribution is -2.56. The number of anilines is 1. The maximum absolute atomic E-state index is 14.6. The summed E-state index contributed by atoms with van der Waals surface area (Å²) in [5.74, 6) is 0.725. The number of aromatic nitrogens is 2. The molecule has 5 aromatic rings. The number of hydrogen-bond acceptors (Lipinski definition) is 12. The van der Waals surface area contributed by atoms with Crippen molar-refractivity contribution in [3.63, 3.8) is 0 Å². The van der Waals surface area contributed by atoms with Crippen LogP contribution in [-0.2, 0) is 63.2 Å². The molecule has 83 heavy (non-hydrogen) atoms. The number of carbonyl (C=O) groups excluding carboxylic acids is 9. The molecule has 0 saturated carbocycles. The number of carbonyl (C=O) groups is 9. The average Bonchev–Trinajstić information content (AvgIpc) is 4.13. The molecule has 23 heteroatoms. The van der Waals surface area contributed by atoms with Crippen LogP contribution in [0.15, 0.2) is 91.1 Å². The molecule has 0 radical (unpaired) electrons. The molecule has 5 heterocycles. The van der Waals surface area contributed by atoms with E-state index in [1.54, 1.807) is 60.7 Å². The predicted octanol–water partition coefficient (Wildman–Crippen LogP) is 5.86. The van der Waals surface area contributed by atoms with Gasteiger partial charge in [-0.25, -0.2) is 4.98 Å². The van der Waals surface area contributed by atoms with Crippen LogP contribution in [-0.4, -0.2) is 102 Å². The molecule has 0 spiro atoms. The number of alkyl halides is 2. The summed E-state index contributed by atoms with van der Waals surface area (Å²) in [6, 6.07) is 17.6. The molecule has 7 N–H and O–H groups in total. The first-order valence-corrected chi connectivity index (χ1v) is 29.2. The summed E-state index contributed by atoms with van der Waals surface area (Å²) in [6.07, 6.45) is 6.75. The van der Waals surface area contributed by atoms with Gasteiger partial charge in [0.25, 0.3) is 11.8 Å². The summed E-state index contributed by atoms with van der Waals surface area (Å²) in [5, 5.41) is 7.74. The number of nitrogens with zero attached hydrogens (tertiary/aromatic N) is 4. The monoisotopic (exact) mass is 1150 g/mol. The number of benzene rings is 4. The molecule has 1 fully saturated rings. The van der Waals surface area contributed by atoms with Crippen molar-refractivity contribution in [1.82, 2.24) is 30.8 Å². The van der Waals surface area contributed by atoms with Crippen LogP contribution in [0, 0.1) is 11.8 Å². The van der Waals surface area contributed by atoms with Gasteiger partial charge in [-0.1, -0.05) is 98.2 Å². The van der Waals surface area contributed by atoms with Gasteiger partial charge in [0.05, 0.1) is 29.0 Å². The lowest BCUT2D eigenvalue weighted by atomic mass is 9.85. The average molecular weight is 1160 g/mol. The molecular formula is C60H61F2N8O12P. The molecule has 0 bridgehead atoms. The Morgan fingerprint density at radius 1 is 0.843 bits per heavy atom. The molecular weight excluding hydrogens is 1090 g/mol. The minimum atomic E-state index is -5.93. The lowest BCUT2D eigenvalue weighted by molar-refractivity contribution is -0.137. The number of hydrogen-bond donors (Lipinski definition) is 6. The summed E-state index contributed by atoms with van der Waals surface area (Å²) in [6.45, 7) is 0.244.